The lowest BCUT2D eigenvalue weighted by Gasteiger charge is -2.18. The molecule has 0 aliphatic heterocycles. The summed E-state index contributed by atoms with van der Waals surface area (Å²) in [6.07, 6.45) is 19.2. The van der Waals surface area contributed by atoms with E-state index in [9.17, 15) is 18.4 Å². The summed E-state index contributed by atoms with van der Waals surface area (Å²) in [5.41, 5.74) is 9.80. The number of allylic oxidation sites excluding steroid dienone is 2. The SMILES string of the molecule is C/C=C/CCC(C)NC.CC.NC=NC/C(=C/c1ccc(C=O)c(-c2ccc(F)cc2)c1)c1ccc(F)cc1.O=CCC1CCCCC1. The predicted molar refractivity (Wildman–Crippen MR) is 200 cm³/mol. The summed E-state index contributed by atoms with van der Waals surface area (Å²) in [6, 6.07) is 18.1. The minimum absolute atomic E-state index is 0.320. The number of halogens is 2. The average molecular weight is 660 g/mol. The van der Waals surface area contributed by atoms with E-state index in [0.717, 1.165) is 47.2 Å². The number of hydrogen-bond acceptors (Lipinski definition) is 4. The van der Waals surface area contributed by atoms with Crippen LogP contribution in [0.4, 0.5) is 8.78 Å². The Balaban J connectivity index is 0.000000470. The summed E-state index contributed by atoms with van der Waals surface area (Å²) in [5.74, 6) is 0.0707. The maximum absolute atomic E-state index is 13.3. The van der Waals surface area contributed by atoms with Gasteiger partial charge in [-0.25, -0.2) is 8.78 Å². The predicted octanol–water partition coefficient (Wildman–Crippen LogP) is 10.1. The molecule has 48 heavy (non-hydrogen) atoms. The van der Waals surface area contributed by atoms with Crippen molar-refractivity contribution in [2.75, 3.05) is 13.6 Å². The Hall–Kier alpha value is -4.23. The molecule has 1 fully saturated rings. The van der Waals surface area contributed by atoms with Crippen LogP contribution in [-0.4, -0.2) is 38.5 Å². The molecule has 0 radical (unpaired) electrons. The Morgan fingerprint density at radius 1 is 0.958 bits per heavy atom. The van der Waals surface area contributed by atoms with Gasteiger partial charge >= 0.3 is 0 Å². The van der Waals surface area contributed by atoms with E-state index < -0.39 is 0 Å². The topological polar surface area (TPSA) is 84.5 Å². The van der Waals surface area contributed by atoms with E-state index in [2.05, 4.69) is 36.3 Å². The largest absolute Gasteiger partial charge is 0.390 e. The van der Waals surface area contributed by atoms with Crippen molar-refractivity contribution in [3.63, 3.8) is 0 Å². The summed E-state index contributed by atoms with van der Waals surface area (Å²) in [6.45, 7) is 8.58. The fourth-order valence-electron chi connectivity index (χ4n) is 5.10. The number of benzene rings is 3. The molecule has 1 aliphatic rings. The smallest absolute Gasteiger partial charge is 0.150 e. The summed E-state index contributed by atoms with van der Waals surface area (Å²) < 4.78 is 26.5. The minimum Gasteiger partial charge on any atom is -0.390 e. The number of nitrogens with one attached hydrogen (secondary N) is 1. The Labute approximate surface area is 287 Å². The lowest BCUT2D eigenvalue weighted by atomic mass is 9.87. The number of aldehydes is 2. The number of hydrogen-bond donors (Lipinski definition) is 2. The molecule has 0 heterocycles. The van der Waals surface area contributed by atoms with Crippen LogP contribution in [0, 0.1) is 17.6 Å². The maximum Gasteiger partial charge on any atom is 0.150 e. The normalized spacial score (nSPS) is 13.8. The number of nitrogens with two attached hydrogens (primary N) is 1. The van der Waals surface area contributed by atoms with E-state index in [1.54, 1.807) is 30.3 Å². The van der Waals surface area contributed by atoms with Gasteiger partial charge in [-0.15, -0.1) is 0 Å². The summed E-state index contributed by atoms with van der Waals surface area (Å²) in [7, 11) is 2.00. The molecule has 0 amide bonds. The molecule has 1 atom stereocenters. The van der Waals surface area contributed by atoms with E-state index in [1.165, 1.54) is 75.5 Å². The van der Waals surface area contributed by atoms with Gasteiger partial charge in [0.25, 0.3) is 0 Å². The molecule has 1 saturated carbocycles. The molecule has 1 aliphatic carbocycles. The highest BCUT2D eigenvalue weighted by atomic mass is 19.1. The fraction of sp³-hybridized carbons (Fsp3) is 0.390. The summed E-state index contributed by atoms with van der Waals surface area (Å²) in [4.78, 5) is 25.6. The van der Waals surface area contributed by atoms with Gasteiger partial charge in [-0.2, -0.15) is 0 Å². The third-order valence-electron chi connectivity index (χ3n) is 7.93. The van der Waals surface area contributed by atoms with Crippen molar-refractivity contribution in [3.05, 3.63) is 107 Å². The third kappa shape index (κ3) is 16.6. The van der Waals surface area contributed by atoms with Crippen LogP contribution in [0.25, 0.3) is 22.8 Å². The first-order chi connectivity index (χ1) is 23.3. The molecule has 0 spiro atoms. The molecule has 4 rings (SSSR count). The lowest BCUT2D eigenvalue weighted by Crippen LogP contribution is -2.20. The Morgan fingerprint density at radius 2 is 1.58 bits per heavy atom. The maximum atomic E-state index is 13.3. The molecular formula is C41H55F2N3O2. The van der Waals surface area contributed by atoms with Gasteiger partial charge in [0.05, 0.1) is 12.9 Å². The fourth-order valence-corrected chi connectivity index (χ4v) is 5.10. The van der Waals surface area contributed by atoms with Crippen molar-refractivity contribution >= 4 is 30.6 Å². The number of carbonyl (C=O) groups excluding carboxylic acids is 2. The summed E-state index contributed by atoms with van der Waals surface area (Å²) in [5, 5.41) is 3.19. The number of nitrogens with zero attached hydrogens (tertiary/aromatic N) is 1. The molecule has 5 nitrogen and oxygen atoms in total. The van der Waals surface area contributed by atoms with Crippen LogP contribution >= 0.6 is 0 Å². The summed E-state index contributed by atoms with van der Waals surface area (Å²) >= 11 is 0. The van der Waals surface area contributed by atoms with Gasteiger partial charge in [0.15, 0.2) is 6.29 Å². The van der Waals surface area contributed by atoms with Crippen molar-refractivity contribution in [3.8, 4) is 11.1 Å². The second-order valence-electron chi connectivity index (χ2n) is 11.4. The molecule has 0 bridgehead atoms. The lowest BCUT2D eigenvalue weighted by molar-refractivity contribution is -0.108. The average Bonchev–Trinajstić information content (AvgIpc) is 3.13. The zero-order valence-electron chi connectivity index (χ0n) is 29.4. The second-order valence-corrected chi connectivity index (χ2v) is 11.4. The van der Waals surface area contributed by atoms with E-state index in [1.807, 2.05) is 39.1 Å². The van der Waals surface area contributed by atoms with E-state index >= 15 is 0 Å². The molecule has 3 N–H and O–H groups in total. The standard InChI is InChI=1S/C23H18F2N2O.C8H17N.C8H14O.C2H6/c24-21-7-3-17(4-8-21)20(13-27-15-26)11-16-1-2-19(14-28)23(12-16)18-5-9-22(25)10-6-18;1-4-5-6-7-8(2)9-3;9-7-6-8-4-2-1-3-5-8;1-2/h1-12,14-15H,13H2,(H2,26,27);4-5,8-9H,6-7H2,1-3H3;7-8H,1-6H2;1-2H3/b20-11-;5-4+;;. The van der Waals surface area contributed by atoms with Gasteiger partial charge in [0, 0.05) is 18.0 Å². The van der Waals surface area contributed by atoms with E-state index in [-0.39, 0.29) is 11.6 Å². The van der Waals surface area contributed by atoms with Crippen molar-refractivity contribution in [1.29, 1.82) is 0 Å². The van der Waals surface area contributed by atoms with Gasteiger partial charge in [-0.05, 0) is 104 Å². The van der Waals surface area contributed by atoms with E-state index in [0.29, 0.717) is 23.7 Å². The first-order valence-electron chi connectivity index (χ1n) is 17.1. The number of aliphatic imine (C=N–C) groups is 1. The zero-order chi connectivity index (χ0) is 35.6. The number of carbonyl (C=O) groups is 2. The molecule has 0 saturated heterocycles. The number of rotatable bonds is 12. The van der Waals surface area contributed by atoms with Crippen LogP contribution in [-0.2, 0) is 4.79 Å². The highest BCUT2D eigenvalue weighted by Crippen LogP contribution is 2.27. The minimum atomic E-state index is -0.342. The van der Waals surface area contributed by atoms with Crippen LogP contribution in [0.3, 0.4) is 0 Å². The first-order valence-corrected chi connectivity index (χ1v) is 17.1. The monoisotopic (exact) mass is 659 g/mol. The van der Waals surface area contributed by atoms with Crippen molar-refractivity contribution in [1.82, 2.24) is 5.32 Å². The van der Waals surface area contributed by atoms with Gasteiger partial charge < -0.3 is 15.8 Å². The Kier molecular flexibility index (Phi) is 22.5. The quantitative estimate of drug-likeness (QED) is 0.0666. The zero-order valence-corrected chi connectivity index (χ0v) is 29.4. The van der Waals surface area contributed by atoms with Crippen molar-refractivity contribution in [2.24, 2.45) is 16.6 Å². The first kappa shape index (κ1) is 41.8. The molecule has 3 aromatic carbocycles. The highest BCUT2D eigenvalue weighted by molar-refractivity contribution is 5.90. The molecular weight excluding hydrogens is 604 g/mol. The molecule has 260 valence electrons. The van der Waals surface area contributed by atoms with Crippen LogP contribution in [0.15, 0.2) is 83.9 Å². The highest BCUT2D eigenvalue weighted by Gasteiger charge is 2.11. The van der Waals surface area contributed by atoms with E-state index in [4.69, 9.17) is 5.73 Å². The van der Waals surface area contributed by atoms with Crippen LogP contribution < -0.4 is 11.1 Å². The van der Waals surface area contributed by atoms with Gasteiger partial charge in [0.2, 0.25) is 0 Å². The van der Waals surface area contributed by atoms with Gasteiger partial charge in [-0.3, -0.25) is 9.79 Å². The van der Waals surface area contributed by atoms with Gasteiger partial charge in [0.1, 0.15) is 17.9 Å². The Bertz CT molecular complexity index is 1390. The third-order valence-corrected chi connectivity index (χ3v) is 7.93. The molecule has 0 aromatic heterocycles. The Morgan fingerprint density at radius 3 is 2.12 bits per heavy atom. The van der Waals surface area contributed by atoms with Crippen molar-refractivity contribution < 1.29 is 18.4 Å². The second kappa shape index (κ2) is 25.8. The van der Waals surface area contributed by atoms with Gasteiger partial charge in [-0.1, -0.05) is 94.5 Å². The molecule has 1 unspecified atom stereocenters. The van der Waals surface area contributed by atoms with Crippen LogP contribution in [0.5, 0.6) is 0 Å². The molecule has 7 heteroatoms. The van der Waals surface area contributed by atoms with Crippen LogP contribution in [0.2, 0.25) is 0 Å². The van der Waals surface area contributed by atoms with Crippen LogP contribution in [0.1, 0.15) is 101 Å². The van der Waals surface area contributed by atoms with Crippen molar-refractivity contribution in [2.45, 2.75) is 85.1 Å². The molecule has 3 aromatic rings.